The molecule has 0 atom stereocenters. The van der Waals surface area contributed by atoms with Gasteiger partial charge in [0.15, 0.2) is 0 Å². The van der Waals surface area contributed by atoms with Gasteiger partial charge in [0.25, 0.3) is 0 Å². The Morgan fingerprint density at radius 3 is 1.69 bits per heavy atom. The minimum Gasteiger partial charge on any atom is -0.310 e. The van der Waals surface area contributed by atoms with Crippen LogP contribution in [0.15, 0.2) is 170 Å². The van der Waals surface area contributed by atoms with Crippen LogP contribution in [0.2, 0.25) is 0 Å². The van der Waals surface area contributed by atoms with Crippen LogP contribution in [0.25, 0.3) is 56.1 Å². The van der Waals surface area contributed by atoms with E-state index in [1.807, 2.05) is 12.3 Å². The Bertz CT molecular complexity index is 2860. The van der Waals surface area contributed by atoms with E-state index < -0.39 is 0 Å². The molecule has 1 aromatic heterocycles. The van der Waals surface area contributed by atoms with Crippen LogP contribution in [0.4, 0.5) is 17.1 Å². The molecule has 0 spiro atoms. The number of anilines is 3. The van der Waals surface area contributed by atoms with Gasteiger partial charge in [-0.3, -0.25) is 4.98 Å². The molecule has 0 bridgehead atoms. The predicted molar refractivity (Wildman–Crippen MR) is 234 cm³/mol. The van der Waals surface area contributed by atoms with Crippen molar-refractivity contribution in [3.05, 3.63) is 203 Å². The number of hydrogen-bond donors (Lipinski definition) is 0. The third-order valence-electron chi connectivity index (χ3n) is 12.0. The van der Waals surface area contributed by atoms with E-state index in [1.165, 1.54) is 71.6 Å². The zero-order valence-corrected chi connectivity index (χ0v) is 31.7. The summed E-state index contributed by atoms with van der Waals surface area (Å²) in [5.74, 6) is 0. The van der Waals surface area contributed by atoms with E-state index in [1.54, 1.807) is 0 Å². The van der Waals surface area contributed by atoms with Crippen LogP contribution in [0.3, 0.4) is 0 Å². The number of allylic oxidation sites excluding steroid dienone is 2. The zero-order valence-electron chi connectivity index (χ0n) is 31.7. The van der Waals surface area contributed by atoms with Crippen molar-refractivity contribution in [2.45, 2.75) is 38.5 Å². The number of pyridine rings is 1. The van der Waals surface area contributed by atoms with Gasteiger partial charge in [0.1, 0.15) is 0 Å². The molecule has 0 unspecified atom stereocenters. The quantitative estimate of drug-likeness (QED) is 0.160. The van der Waals surface area contributed by atoms with Crippen molar-refractivity contribution in [3.8, 4) is 11.3 Å². The highest BCUT2D eigenvalue weighted by Crippen LogP contribution is 2.62. The van der Waals surface area contributed by atoms with Crippen LogP contribution in [-0.4, -0.2) is 4.98 Å². The first-order valence-corrected chi connectivity index (χ1v) is 19.3. The van der Waals surface area contributed by atoms with Gasteiger partial charge in [-0.2, -0.15) is 0 Å². The number of para-hydroxylation sites is 1. The van der Waals surface area contributed by atoms with Crippen LogP contribution >= 0.6 is 0 Å². The molecule has 2 aliphatic rings. The van der Waals surface area contributed by atoms with E-state index in [9.17, 15) is 0 Å². The van der Waals surface area contributed by atoms with Crippen molar-refractivity contribution in [3.63, 3.8) is 0 Å². The molecule has 8 aromatic rings. The summed E-state index contributed by atoms with van der Waals surface area (Å²) in [5, 5.41) is 4.91. The topological polar surface area (TPSA) is 16.1 Å². The SMILES string of the molecule is CC1(C)C2=C(c3ccc(C=Cc4ccc5cc(N(c6ccccc6)c6ccc7ccccc7c6)ccc5c4)cc31)C(C)(C)c1cc(-c3ccccn3)ccc12. The summed E-state index contributed by atoms with van der Waals surface area (Å²) >= 11 is 0. The fourth-order valence-corrected chi connectivity index (χ4v) is 9.24. The van der Waals surface area contributed by atoms with Gasteiger partial charge in [-0.05, 0) is 127 Å². The average molecular weight is 707 g/mol. The molecule has 1 heterocycles. The summed E-state index contributed by atoms with van der Waals surface area (Å²) in [6.45, 7) is 9.58. The molecule has 7 aromatic carbocycles. The van der Waals surface area contributed by atoms with Crippen LogP contribution in [-0.2, 0) is 10.8 Å². The Morgan fingerprint density at radius 2 is 0.982 bits per heavy atom. The molecule has 0 fully saturated rings. The van der Waals surface area contributed by atoms with Crippen LogP contribution in [0, 0.1) is 0 Å². The number of fused-ring (bicyclic) bond motifs is 6. The van der Waals surface area contributed by atoms with E-state index in [0.717, 1.165) is 22.8 Å². The van der Waals surface area contributed by atoms with Crippen molar-refractivity contribution >= 4 is 61.9 Å². The zero-order chi connectivity index (χ0) is 37.3. The molecule has 2 heteroatoms. The maximum atomic E-state index is 4.64. The number of nitrogens with zero attached hydrogens (tertiary/aromatic N) is 2. The molecule has 2 aliphatic carbocycles. The van der Waals surface area contributed by atoms with Gasteiger partial charge in [-0.1, -0.05) is 143 Å². The van der Waals surface area contributed by atoms with Crippen LogP contribution in [0.1, 0.15) is 61.1 Å². The number of hydrogen-bond acceptors (Lipinski definition) is 2. The van der Waals surface area contributed by atoms with E-state index in [2.05, 4.69) is 207 Å². The van der Waals surface area contributed by atoms with Crippen molar-refractivity contribution < 1.29 is 0 Å². The summed E-state index contributed by atoms with van der Waals surface area (Å²) in [6.07, 6.45) is 6.40. The first-order valence-electron chi connectivity index (χ1n) is 19.3. The standard InChI is InChI=1S/C53H42N2/c1-52(2)47-31-36(20-27-45(47)50-51(52)46-28-24-41(34-48(46)53(50,3)4)49-16-10-11-29-54-49)18-17-35-19-21-40-33-44(26-23-39(40)30-35)55(42-14-6-5-7-15-42)43-25-22-37-12-8-9-13-38(37)32-43/h5-34H,1-4H3. The fourth-order valence-electron chi connectivity index (χ4n) is 9.24. The van der Waals surface area contributed by atoms with Gasteiger partial charge < -0.3 is 4.90 Å². The number of aromatic nitrogens is 1. The van der Waals surface area contributed by atoms with Gasteiger partial charge in [0.2, 0.25) is 0 Å². The lowest BCUT2D eigenvalue weighted by Crippen LogP contribution is -2.19. The molecule has 264 valence electrons. The second-order valence-electron chi connectivity index (χ2n) is 16.1. The minimum atomic E-state index is -0.106. The monoisotopic (exact) mass is 706 g/mol. The second kappa shape index (κ2) is 12.5. The molecule has 0 aliphatic heterocycles. The predicted octanol–water partition coefficient (Wildman–Crippen LogP) is 14.2. The van der Waals surface area contributed by atoms with Gasteiger partial charge in [0, 0.05) is 39.7 Å². The van der Waals surface area contributed by atoms with E-state index >= 15 is 0 Å². The Kier molecular flexibility index (Phi) is 7.54. The summed E-state index contributed by atoms with van der Waals surface area (Å²) in [7, 11) is 0. The van der Waals surface area contributed by atoms with Gasteiger partial charge >= 0.3 is 0 Å². The lowest BCUT2D eigenvalue weighted by molar-refractivity contribution is 0.694. The molecule has 0 N–H and O–H groups in total. The van der Waals surface area contributed by atoms with Crippen molar-refractivity contribution in [2.75, 3.05) is 4.90 Å². The average Bonchev–Trinajstić information content (AvgIpc) is 3.61. The van der Waals surface area contributed by atoms with Crippen LogP contribution < -0.4 is 4.90 Å². The summed E-state index contributed by atoms with van der Waals surface area (Å²) in [4.78, 5) is 6.99. The molecule has 0 amide bonds. The normalized spacial score (nSPS) is 15.1. The van der Waals surface area contributed by atoms with Gasteiger partial charge in [-0.25, -0.2) is 0 Å². The molecule has 0 radical (unpaired) electrons. The Hall–Kier alpha value is -6.51. The minimum absolute atomic E-state index is 0.103. The first-order chi connectivity index (χ1) is 26.8. The maximum absolute atomic E-state index is 4.64. The van der Waals surface area contributed by atoms with Crippen molar-refractivity contribution in [2.24, 2.45) is 0 Å². The number of benzene rings is 7. The third-order valence-corrected chi connectivity index (χ3v) is 12.0. The Morgan fingerprint density at radius 1 is 0.436 bits per heavy atom. The highest BCUT2D eigenvalue weighted by atomic mass is 15.1. The summed E-state index contributed by atoms with van der Waals surface area (Å²) in [6, 6.07) is 59.6. The fraction of sp³-hybridized carbons (Fsp3) is 0.113. The first kappa shape index (κ1) is 33.1. The maximum Gasteiger partial charge on any atom is 0.0702 e. The van der Waals surface area contributed by atoms with E-state index in [0.29, 0.717) is 0 Å². The molecule has 2 nitrogen and oxygen atoms in total. The molecule has 55 heavy (non-hydrogen) atoms. The molecular weight excluding hydrogens is 665 g/mol. The lowest BCUT2D eigenvalue weighted by atomic mass is 9.75. The highest BCUT2D eigenvalue weighted by molar-refractivity contribution is 6.10. The van der Waals surface area contributed by atoms with E-state index in [4.69, 9.17) is 0 Å². The second-order valence-corrected chi connectivity index (χ2v) is 16.1. The highest BCUT2D eigenvalue weighted by Gasteiger charge is 2.49. The summed E-state index contributed by atoms with van der Waals surface area (Å²) in [5.41, 5.74) is 16.3. The lowest BCUT2D eigenvalue weighted by Gasteiger charge is -2.28. The number of rotatable bonds is 6. The Labute approximate surface area is 323 Å². The largest absolute Gasteiger partial charge is 0.310 e. The molecule has 0 saturated heterocycles. The van der Waals surface area contributed by atoms with Gasteiger partial charge in [-0.15, -0.1) is 0 Å². The van der Waals surface area contributed by atoms with Crippen molar-refractivity contribution in [1.82, 2.24) is 4.98 Å². The van der Waals surface area contributed by atoms with E-state index in [-0.39, 0.29) is 10.8 Å². The molecule has 10 rings (SSSR count). The molecular formula is C53H42N2. The Balaban J connectivity index is 0.942. The smallest absolute Gasteiger partial charge is 0.0702 e. The summed E-state index contributed by atoms with van der Waals surface area (Å²) < 4.78 is 0. The van der Waals surface area contributed by atoms with Crippen molar-refractivity contribution in [1.29, 1.82) is 0 Å². The molecule has 0 saturated carbocycles. The van der Waals surface area contributed by atoms with Gasteiger partial charge in [0.05, 0.1) is 5.69 Å². The van der Waals surface area contributed by atoms with Crippen LogP contribution in [0.5, 0.6) is 0 Å². The third kappa shape index (κ3) is 5.43.